The van der Waals surface area contributed by atoms with Gasteiger partial charge in [0.25, 0.3) is 0 Å². The van der Waals surface area contributed by atoms with Crippen LogP contribution in [0.25, 0.3) is 44.8 Å². The molecule has 0 amide bonds. The van der Waals surface area contributed by atoms with Crippen LogP contribution in [0.5, 0.6) is 5.75 Å². The molecular weight excluding hydrogens is 519 g/mol. The van der Waals surface area contributed by atoms with E-state index in [-0.39, 0.29) is 10.8 Å². The van der Waals surface area contributed by atoms with Crippen LogP contribution in [0.4, 0.5) is 0 Å². The van der Waals surface area contributed by atoms with Gasteiger partial charge in [-0.2, -0.15) is 0 Å². The first-order valence-corrected chi connectivity index (χ1v) is 18.0. The first-order chi connectivity index (χ1) is 19.1. The molecule has 0 spiro atoms. The van der Waals surface area contributed by atoms with Crippen LogP contribution in [0.15, 0.2) is 72.9 Å². The van der Waals surface area contributed by atoms with E-state index < -0.39 is 8.07 Å². The Morgan fingerprint density at radius 1 is 0.756 bits per heavy atom. The van der Waals surface area contributed by atoms with Crippen LogP contribution >= 0.6 is 0 Å². The molecule has 4 nitrogen and oxygen atoms in total. The predicted molar refractivity (Wildman–Crippen MR) is 177 cm³/mol. The molecule has 5 rings (SSSR count). The van der Waals surface area contributed by atoms with E-state index in [4.69, 9.17) is 9.97 Å². The summed E-state index contributed by atoms with van der Waals surface area (Å²) in [6.45, 7) is 20.1. The number of aryl methyl sites for hydroxylation is 1. The summed E-state index contributed by atoms with van der Waals surface area (Å²) in [5.74, 6) is 1.07. The molecular formula is C36H43N3OSi. The van der Waals surface area contributed by atoms with E-state index >= 15 is 0 Å². The molecule has 1 N–H and O–H groups in total. The largest absolute Gasteiger partial charge is 0.507 e. The van der Waals surface area contributed by atoms with E-state index in [9.17, 15) is 5.11 Å². The minimum atomic E-state index is -1.41. The Labute approximate surface area is 246 Å². The standard InChI is InChI=1S/C36H43N3OSi/c1-35(2,3)25-20-28(33(40)29(21-25)36(4,5)6)34-38-32-27(15-12-16-31(32)39(34)7)23-13-11-14-24(19-23)30-18-17-26(22-37-30)41(8,9)10/h11-22,40H,1-10H3. The second kappa shape index (κ2) is 9.99. The average molecular weight is 562 g/mol. The lowest BCUT2D eigenvalue weighted by atomic mass is 9.79. The Balaban J connectivity index is 1.66. The number of fused-ring (bicyclic) bond motifs is 1. The highest BCUT2D eigenvalue weighted by Crippen LogP contribution is 2.43. The minimum Gasteiger partial charge on any atom is -0.507 e. The number of imidazole rings is 1. The van der Waals surface area contributed by atoms with Gasteiger partial charge in [-0.25, -0.2) is 4.98 Å². The first kappa shape index (κ1) is 28.8. The zero-order valence-corrected chi connectivity index (χ0v) is 27.2. The van der Waals surface area contributed by atoms with Crippen LogP contribution < -0.4 is 5.19 Å². The Morgan fingerprint density at radius 2 is 1.44 bits per heavy atom. The van der Waals surface area contributed by atoms with Crippen LogP contribution in [-0.2, 0) is 17.9 Å². The molecule has 0 aliphatic heterocycles. The highest BCUT2D eigenvalue weighted by atomic mass is 28.3. The van der Waals surface area contributed by atoms with E-state index in [1.165, 1.54) is 10.8 Å². The molecule has 0 aliphatic rings. The average Bonchev–Trinajstić information content (AvgIpc) is 3.23. The molecule has 0 atom stereocenters. The van der Waals surface area contributed by atoms with Gasteiger partial charge in [0.05, 0.1) is 30.4 Å². The SMILES string of the molecule is Cn1c(-c2cc(C(C)(C)C)cc(C(C)(C)C)c2O)nc2c(-c3cccc(-c4ccc([Si](C)(C)C)cn4)c3)cccc21. The smallest absolute Gasteiger partial charge is 0.144 e. The highest BCUT2D eigenvalue weighted by Gasteiger charge is 2.27. The Hall–Kier alpha value is -3.70. The quantitative estimate of drug-likeness (QED) is 0.223. The maximum atomic E-state index is 11.6. The molecule has 5 aromatic rings. The molecule has 0 saturated heterocycles. The third-order valence-corrected chi connectivity index (χ3v) is 10.1. The number of aromatic nitrogens is 3. The summed E-state index contributed by atoms with van der Waals surface area (Å²) >= 11 is 0. The van der Waals surface area contributed by atoms with Crippen molar-refractivity contribution < 1.29 is 5.11 Å². The Morgan fingerprint density at radius 3 is 2.05 bits per heavy atom. The van der Waals surface area contributed by atoms with Gasteiger partial charge in [-0.15, -0.1) is 0 Å². The van der Waals surface area contributed by atoms with Crippen LogP contribution in [0, 0.1) is 0 Å². The van der Waals surface area contributed by atoms with Gasteiger partial charge < -0.3 is 9.67 Å². The van der Waals surface area contributed by atoms with E-state index in [0.29, 0.717) is 5.75 Å². The van der Waals surface area contributed by atoms with Gasteiger partial charge in [-0.05, 0) is 51.4 Å². The Kier molecular flexibility index (Phi) is 7.02. The van der Waals surface area contributed by atoms with E-state index in [0.717, 1.165) is 50.4 Å². The summed E-state index contributed by atoms with van der Waals surface area (Å²) < 4.78 is 2.10. The van der Waals surface area contributed by atoms with Gasteiger partial charge in [-0.3, -0.25) is 4.98 Å². The van der Waals surface area contributed by atoms with Gasteiger partial charge in [-0.1, -0.05) is 104 Å². The minimum absolute atomic E-state index is 0.0695. The molecule has 0 radical (unpaired) electrons. The van der Waals surface area contributed by atoms with Crippen molar-refractivity contribution >= 4 is 24.3 Å². The fourth-order valence-corrected chi connectivity index (χ4v) is 6.39. The van der Waals surface area contributed by atoms with Crippen molar-refractivity contribution in [1.82, 2.24) is 14.5 Å². The summed E-state index contributed by atoms with van der Waals surface area (Å²) in [6, 6.07) is 23.5. The molecule has 2 heterocycles. The van der Waals surface area contributed by atoms with E-state index in [1.807, 2.05) is 13.2 Å². The number of rotatable bonds is 4. The normalized spacial score (nSPS) is 12.7. The molecule has 0 aliphatic carbocycles. The second-order valence-corrected chi connectivity index (χ2v) is 19.4. The summed E-state index contributed by atoms with van der Waals surface area (Å²) in [5.41, 5.74) is 8.77. The number of phenols is 1. The molecule has 3 aromatic carbocycles. The number of hydrogen-bond acceptors (Lipinski definition) is 3. The number of pyridine rings is 1. The molecule has 41 heavy (non-hydrogen) atoms. The van der Waals surface area contributed by atoms with Crippen molar-refractivity contribution in [2.75, 3.05) is 0 Å². The van der Waals surface area contributed by atoms with Crippen LogP contribution in [0.2, 0.25) is 19.6 Å². The van der Waals surface area contributed by atoms with Crippen molar-refractivity contribution in [3.63, 3.8) is 0 Å². The summed E-state index contributed by atoms with van der Waals surface area (Å²) in [4.78, 5) is 10.0. The number of nitrogens with zero attached hydrogens (tertiary/aromatic N) is 3. The third kappa shape index (κ3) is 5.48. The van der Waals surface area contributed by atoms with Gasteiger partial charge in [0.15, 0.2) is 0 Å². The van der Waals surface area contributed by atoms with Crippen molar-refractivity contribution in [2.24, 2.45) is 7.05 Å². The fraction of sp³-hybridized carbons (Fsp3) is 0.333. The number of hydrogen-bond donors (Lipinski definition) is 1. The van der Waals surface area contributed by atoms with Crippen molar-refractivity contribution in [3.8, 4) is 39.5 Å². The van der Waals surface area contributed by atoms with Crippen LogP contribution in [-0.4, -0.2) is 27.7 Å². The molecule has 0 saturated carbocycles. The number of phenolic OH excluding ortho intramolecular Hbond substituents is 1. The number of benzene rings is 3. The lowest BCUT2D eigenvalue weighted by Crippen LogP contribution is -2.37. The van der Waals surface area contributed by atoms with Gasteiger partial charge >= 0.3 is 0 Å². The lowest BCUT2D eigenvalue weighted by molar-refractivity contribution is 0.446. The lowest BCUT2D eigenvalue weighted by Gasteiger charge is -2.27. The third-order valence-electron chi connectivity index (χ3n) is 8.04. The van der Waals surface area contributed by atoms with Crippen molar-refractivity contribution in [3.05, 3.63) is 84.1 Å². The molecule has 0 unspecified atom stereocenters. The van der Waals surface area contributed by atoms with Crippen LogP contribution in [0.3, 0.4) is 0 Å². The van der Waals surface area contributed by atoms with Gasteiger partial charge in [0, 0.05) is 29.9 Å². The number of aromatic hydroxyl groups is 1. The number of para-hydroxylation sites is 1. The Bertz CT molecular complexity index is 1740. The topological polar surface area (TPSA) is 50.9 Å². The van der Waals surface area contributed by atoms with E-state index in [1.54, 1.807) is 0 Å². The van der Waals surface area contributed by atoms with Crippen molar-refractivity contribution in [1.29, 1.82) is 0 Å². The maximum absolute atomic E-state index is 11.6. The zero-order valence-electron chi connectivity index (χ0n) is 26.2. The maximum Gasteiger partial charge on any atom is 0.144 e. The molecule has 0 fully saturated rings. The highest BCUT2D eigenvalue weighted by molar-refractivity contribution is 6.88. The molecule has 5 heteroatoms. The summed E-state index contributed by atoms with van der Waals surface area (Å²) in [7, 11) is 0.631. The van der Waals surface area contributed by atoms with Crippen LogP contribution in [0.1, 0.15) is 52.7 Å². The monoisotopic (exact) mass is 561 g/mol. The first-order valence-electron chi connectivity index (χ1n) is 14.5. The van der Waals surface area contributed by atoms with Crippen molar-refractivity contribution in [2.45, 2.75) is 72.0 Å². The van der Waals surface area contributed by atoms with Gasteiger partial charge in [0.2, 0.25) is 0 Å². The molecule has 2 aromatic heterocycles. The predicted octanol–water partition coefficient (Wildman–Crippen LogP) is 8.82. The zero-order chi connectivity index (χ0) is 29.9. The fourth-order valence-electron chi connectivity index (χ4n) is 5.35. The molecule has 212 valence electrons. The second-order valence-electron chi connectivity index (χ2n) is 14.4. The summed E-state index contributed by atoms with van der Waals surface area (Å²) in [5, 5.41) is 12.9. The molecule has 0 bridgehead atoms. The summed E-state index contributed by atoms with van der Waals surface area (Å²) in [6.07, 6.45) is 2.05. The van der Waals surface area contributed by atoms with E-state index in [2.05, 4.69) is 132 Å². The van der Waals surface area contributed by atoms with Gasteiger partial charge in [0.1, 0.15) is 11.6 Å².